The van der Waals surface area contributed by atoms with Gasteiger partial charge in [-0.1, -0.05) is 24.3 Å². The van der Waals surface area contributed by atoms with Gasteiger partial charge >= 0.3 is 0 Å². The van der Waals surface area contributed by atoms with Crippen LogP contribution >= 0.6 is 22.7 Å². The van der Waals surface area contributed by atoms with E-state index in [2.05, 4.69) is 20.6 Å². The highest BCUT2D eigenvalue weighted by Gasteiger charge is 2.14. The molecule has 4 aromatic rings. The Morgan fingerprint density at radius 3 is 2.59 bits per heavy atom. The first-order valence-electron chi connectivity index (χ1n) is 8.69. The monoisotopic (exact) mass is 424 g/mol. The van der Waals surface area contributed by atoms with Crippen LogP contribution in [-0.4, -0.2) is 21.8 Å². The molecule has 0 fully saturated rings. The number of nitrogens with one attached hydrogen (secondary N) is 2. The maximum atomic E-state index is 12.3. The topological polar surface area (TPSA) is 97.1 Å². The van der Waals surface area contributed by atoms with E-state index in [-0.39, 0.29) is 24.0 Å². The van der Waals surface area contributed by atoms with Crippen molar-refractivity contribution in [1.29, 1.82) is 0 Å². The molecule has 0 spiro atoms. The van der Waals surface area contributed by atoms with E-state index in [0.29, 0.717) is 16.0 Å². The highest BCUT2D eigenvalue weighted by molar-refractivity contribution is 7.14. The third-order valence-corrected chi connectivity index (χ3v) is 5.59. The van der Waals surface area contributed by atoms with E-state index in [9.17, 15) is 9.59 Å². The largest absolute Gasteiger partial charge is 0.459 e. The van der Waals surface area contributed by atoms with Crippen LogP contribution in [0, 0.1) is 6.92 Å². The van der Waals surface area contributed by atoms with Crippen molar-refractivity contribution in [2.24, 2.45) is 0 Å². The molecule has 0 unspecified atom stereocenters. The third-order valence-electron chi connectivity index (χ3n) is 4.03. The van der Waals surface area contributed by atoms with Gasteiger partial charge < -0.3 is 9.73 Å². The van der Waals surface area contributed by atoms with Crippen molar-refractivity contribution in [3.05, 3.63) is 70.4 Å². The fourth-order valence-electron chi connectivity index (χ4n) is 2.66. The number of anilines is 2. The zero-order valence-corrected chi connectivity index (χ0v) is 17.0. The van der Waals surface area contributed by atoms with Crippen LogP contribution < -0.4 is 10.6 Å². The molecule has 29 heavy (non-hydrogen) atoms. The van der Waals surface area contributed by atoms with Gasteiger partial charge in [-0.25, -0.2) is 9.97 Å². The molecule has 0 atom stereocenters. The average molecular weight is 425 g/mol. The summed E-state index contributed by atoms with van der Waals surface area (Å²) in [4.78, 5) is 33.1. The molecule has 146 valence electrons. The van der Waals surface area contributed by atoms with Crippen molar-refractivity contribution in [3.63, 3.8) is 0 Å². The lowest BCUT2D eigenvalue weighted by Gasteiger charge is -2.01. The zero-order valence-electron chi connectivity index (χ0n) is 15.3. The normalized spacial score (nSPS) is 10.7. The number of amides is 2. The molecule has 0 bridgehead atoms. The van der Waals surface area contributed by atoms with Crippen LogP contribution in [0.3, 0.4) is 0 Å². The van der Waals surface area contributed by atoms with Crippen LogP contribution in [0.25, 0.3) is 11.3 Å². The van der Waals surface area contributed by atoms with Crippen LogP contribution in [0.15, 0.2) is 57.8 Å². The molecular formula is C20H16N4O3S2. The van der Waals surface area contributed by atoms with Gasteiger partial charge in [-0.2, -0.15) is 0 Å². The van der Waals surface area contributed by atoms with Gasteiger partial charge in [-0.15, -0.1) is 22.7 Å². The first kappa shape index (κ1) is 19.0. The number of aryl methyl sites for hydroxylation is 1. The minimum Gasteiger partial charge on any atom is -0.459 e. The van der Waals surface area contributed by atoms with Gasteiger partial charge in [0.1, 0.15) is 0 Å². The van der Waals surface area contributed by atoms with Gasteiger partial charge in [0.15, 0.2) is 16.0 Å². The molecule has 0 aliphatic carbocycles. The third kappa shape index (κ3) is 4.58. The minimum absolute atomic E-state index is 0.0897. The first-order valence-corrected chi connectivity index (χ1v) is 10.4. The van der Waals surface area contributed by atoms with Crippen LogP contribution in [0.2, 0.25) is 0 Å². The van der Waals surface area contributed by atoms with Gasteiger partial charge in [0.2, 0.25) is 5.91 Å². The summed E-state index contributed by atoms with van der Waals surface area (Å²) in [6, 6.07) is 11.2. The lowest BCUT2D eigenvalue weighted by atomic mass is 10.1. The summed E-state index contributed by atoms with van der Waals surface area (Å²) < 4.78 is 5.04. The van der Waals surface area contributed by atoms with Crippen molar-refractivity contribution in [3.8, 4) is 11.3 Å². The fraction of sp³-hybridized carbons (Fsp3) is 0.100. The maximum absolute atomic E-state index is 12.3. The summed E-state index contributed by atoms with van der Waals surface area (Å²) in [6.45, 7) is 2.03. The highest BCUT2D eigenvalue weighted by atomic mass is 32.1. The summed E-state index contributed by atoms with van der Waals surface area (Å²) in [6.07, 6.45) is 1.52. The summed E-state index contributed by atoms with van der Waals surface area (Å²) >= 11 is 2.62. The van der Waals surface area contributed by atoms with Gasteiger partial charge in [0.25, 0.3) is 5.91 Å². The predicted molar refractivity (Wildman–Crippen MR) is 113 cm³/mol. The highest BCUT2D eigenvalue weighted by Crippen LogP contribution is 2.27. The summed E-state index contributed by atoms with van der Waals surface area (Å²) in [5.74, 6) is -0.399. The standard InChI is InChI=1S/C20H16N4O3S2/c1-12-5-2-3-6-14(12)15-11-29-20(22-15)23-17(25)9-13-10-28-19(21-13)24-18(26)16-7-4-8-27-16/h2-8,10-11H,9H2,1H3,(H,21,24,26)(H,22,23,25). The number of rotatable bonds is 6. The Balaban J connectivity index is 1.35. The van der Waals surface area contributed by atoms with Crippen LogP contribution in [0.1, 0.15) is 21.8 Å². The fourth-order valence-corrected chi connectivity index (χ4v) is 4.09. The minimum atomic E-state index is -0.383. The molecule has 2 amide bonds. The van der Waals surface area contributed by atoms with E-state index in [1.165, 1.54) is 28.9 Å². The van der Waals surface area contributed by atoms with Gasteiger partial charge in [-0.3, -0.25) is 14.9 Å². The SMILES string of the molecule is Cc1ccccc1-c1csc(NC(=O)Cc2csc(NC(=O)c3ccco3)n2)n1. The lowest BCUT2D eigenvalue weighted by Crippen LogP contribution is -2.15. The number of aromatic nitrogens is 2. The van der Waals surface area contributed by atoms with Crippen molar-refractivity contribution in [2.75, 3.05) is 10.6 Å². The quantitative estimate of drug-likeness (QED) is 0.471. The molecule has 0 aliphatic heterocycles. The molecule has 4 rings (SSSR count). The average Bonchev–Trinajstić information content (AvgIpc) is 3.44. The Morgan fingerprint density at radius 2 is 1.79 bits per heavy atom. The summed E-state index contributed by atoms with van der Waals surface area (Å²) in [5.41, 5.74) is 3.57. The van der Waals surface area contributed by atoms with Crippen LogP contribution in [0.5, 0.6) is 0 Å². The van der Waals surface area contributed by atoms with E-state index in [1.807, 2.05) is 36.6 Å². The van der Waals surface area contributed by atoms with E-state index < -0.39 is 0 Å². The number of hydrogen-bond acceptors (Lipinski definition) is 7. The first-order chi connectivity index (χ1) is 14.1. The molecule has 3 aromatic heterocycles. The number of furan rings is 1. The molecule has 7 nitrogen and oxygen atoms in total. The van der Waals surface area contributed by atoms with Gasteiger partial charge in [0.05, 0.1) is 24.1 Å². The van der Waals surface area contributed by atoms with Crippen molar-refractivity contribution >= 4 is 44.8 Å². The number of thiazole rings is 2. The Labute approximate surface area is 174 Å². The van der Waals surface area contributed by atoms with E-state index in [4.69, 9.17) is 4.42 Å². The lowest BCUT2D eigenvalue weighted by molar-refractivity contribution is -0.115. The van der Waals surface area contributed by atoms with E-state index in [0.717, 1.165) is 16.8 Å². The second kappa shape index (κ2) is 8.38. The van der Waals surface area contributed by atoms with Crippen molar-refractivity contribution in [1.82, 2.24) is 9.97 Å². The molecule has 0 saturated heterocycles. The molecule has 0 saturated carbocycles. The van der Waals surface area contributed by atoms with Gasteiger partial charge in [0, 0.05) is 16.3 Å². The Bertz CT molecular complexity index is 1150. The van der Waals surface area contributed by atoms with Gasteiger partial charge in [-0.05, 0) is 24.6 Å². The number of nitrogens with zero attached hydrogens (tertiary/aromatic N) is 2. The molecule has 9 heteroatoms. The predicted octanol–water partition coefficient (Wildman–Crippen LogP) is 4.60. The molecule has 2 N–H and O–H groups in total. The maximum Gasteiger partial charge on any atom is 0.293 e. The second-order valence-electron chi connectivity index (χ2n) is 6.15. The molecular weight excluding hydrogens is 408 g/mol. The van der Waals surface area contributed by atoms with E-state index >= 15 is 0 Å². The Morgan fingerprint density at radius 1 is 1.00 bits per heavy atom. The van der Waals surface area contributed by atoms with Crippen molar-refractivity contribution < 1.29 is 14.0 Å². The molecule has 0 radical (unpaired) electrons. The number of carbonyl (C=O) groups is 2. The summed E-state index contributed by atoms with van der Waals surface area (Å²) in [7, 11) is 0. The molecule has 1 aromatic carbocycles. The van der Waals surface area contributed by atoms with E-state index in [1.54, 1.807) is 17.5 Å². The smallest absolute Gasteiger partial charge is 0.293 e. The number of carbonyl (C=O) groups excluding carboxylic acids is 2. The van der Waals surface area contributed by atoms with Crippen LogP contribution in [-0.2, 0) is 11.2 Å². The number of hydrogen-bond donors (Lipinski definition) is 2. The molecule has 0 aliphatic rings. The second-order valence-corrected chi connectivity index (χ2v) is 7.87. The van der Waals surface area contributed by atoms with Crippen LogP contribution in [0.4, 0.5) is 10.3 Å². The Kier molecular flexibility index (Phi) is 5.50. The molecule has 3 heterocycles. The summed E-state index contributed by atoms with van der Waals surface area (Å²) in [5, 5.41) is 10.0. The van der Waals surface area contributed by atoms with Crippen molar-refractivity contribution in [2.45, 2.75) is 13.3 Å². The Hall–Kier alpha value is -3.30. The zero-order chi connectivity index (χ0) is 20.2. The number of benzene rings is 1.